The van der Waals surface area contributed by atoms with Gasteiger partial charge in [-0.3, -0.25) is 4.90 Å². The third-order valence-corrected chi connectivity index (χ3v) is 3.76. The largest absolute Gasteiger partial charge is 0.447 e. The molecule has 96 valence electrons. The van der Waals surface area contributed by atoms with Crippen molar-refractivity contribution < 1.29 is 14.3 Å². The van der Waals surface area contributed by atoms with E-state index in [1.165, 1.54) is 0 Å². The summed E-state index contributed by atoms with van der Waals surface area (Å²) >= 11 is 0. The number of benzene rings is 1. The van der Waals surface area contributed by atoms with Gasteiger partial charge in [0, 0.05) is 6.54 Å². The predicted molar refractivity (Wildman–Crippen MR) is 66.1 cm³/mol. The molecular formula is C14H17NO3. The molecule has 0 bridgehead atoms. The van der Waals surface area contributed by atoms with Crippen LogP contribution in [0.1, 0.15) is 18.4 Å². The molecule has 18 heavy (non-hydrogen) atoms. The summed E-state index contributed by atoms with van der Waals surface area (Å²) in [4.78, 5) is 13.4. The van der Waals surface area contributed by atoms with Gasteiger partial charge in [0.1, 0.15) is 12.1 Å². The van der Waals surface area contributed by atoms with Gasteiger partial charge in [0.05, 0.1) is 13.2 Å². The molecule has 2 heterocycles. The number of carbonyl (C=O) groups is 1. The summed E-state index contributed by atoms with van der Waals surface area (Å²) < 4.78 is 10.9. The first-order valence-electron chi connectivity index (χ1n) is 6.36. The Kier molecular flexibility index (Phi) is 2.96. The lowest BCUT2D eigenvalue weighted by molar-refractivity contribution is 0.0348. The molecule has 3 rings (SSSR count). The summed E-state index contributed by atoms with van der Waals surface area (Å²) in [5.74, 6) is 0. The second kappa shape index (κ2) is 4.61. The van der Waals surface area contributed by atoms with Crippen molar-refractivity contribution in [1.82, 2.24) is 4.90 Å². The van der Waals surface area contributed by atoms with Gasteiger partial charge >= 0.3 is 6.09 Å². The highest BCUT2D eigenvalue weighted by molar-refractivity contribution is 5.71. The minimum absolute atomic E-state index is 0.184. The second-order valence-corrected chi connectivity index (χ2v) is 5.01. The van der Waals surface area contributed by atoms with Crippen molar-refractivity contribution in [3.63, 3.8) is 0 Å². The van der Waals surface area contributed by atoms with Crippen LogP contribution in [0.4, 0.5) is 4.79 Å². The summed E-state index contributed by atoms with van der Waals surface area (Å²) in [6.07, 6.45) is 1.84. The quantitative estimate of drug-likeness (QED) is 0.818. The Labute approximate surface area is 106 Å². The highest BCUT2D eigenvalue weighted by atomic mass is 16.6. The standard InChI is InChI=1S/C14H17NO3/c16-13-15-8-4-7-14(15,11-18-13)10-17-9-12-5-2-1-3-6-12/h1-3,5-6H,4,7-11H2/t14-/m1/s1. The number of carbonyl (C=O) groups excluding carboxylic acids is 1. The Bertz CT molecular complexity index is 434. The maximum Gasteiger partial charge on any atom is 0.410 e. The summed E-state index contributed by atoms with van der Waals surface area (Å²) in [5.41, 5.74) is 0.954. The third kappa shape index (κ3) is 1.97. The van der Waals surface area contributed by atoms with Gasteiger partial charge in [-0.2, -0.15) is 0 Å². The Morgan fingerprint density at radius 2 is 2.17 bits per heavy atom. The number of rotatable bonds is 4. The molecule has 4 heteroatoms. The zero-order chi connectivity index (χ0) is 12.4. The average Bonchev–Trinajstić information content (AvgIpc) is 2.93. The van der Waals surface area contributed by atoms with Crippen LogP contribution in [0.25, 0.3) is 0 Å². The number of fused-ring (bicyclic) bond motifs is 1. The second-order valence-electron chi connectivity index (χ2n) is 5.01. The van der Waals surface area contributed by atoms with Crippen molar-refractivity contribution in [2.75, 3.05) is 19.8 Å². The maximum atomic E-state index is 11.5. The summed E-state index contributed by atoms with van der Waals surface area (Å²) in [5, 5.41) is 0. The van der Waals surface area contributed by atoms with Gasteiger partial charge < -0.3 is 9.47 Å². The molecule has 2 aliphatic heterocycles. The predicted octanol–water partition coefficient (Wildman–Crippen LogP) is 2.19. The van der Waals surface area contributed by atoms with E-state index in [1.807, 2.05) is 35.2 Å². The van der Waals surface area contributed by atoms with Crippen molar-refractivity contribution in [2.45, 2.75) is 25.0 Å². The van der Waals surface area contributed by atoms with Crippen LogP contribution in [0.2, 0.25) is 0 Å². The Hall–Kier alpha value is -1.55. The van der Waals surface area contributed by atoms with Gasteiger partial charge in [-0.1, -0.05) is 30.3 Å². The van der Waals surface area contributed by atoms with Crippen LogP contribution in [0.15, 0.2) is 30.3 Å². The van der Waals surface area contributed by atoms with Gasteiger partial charge in [0.25, 0.3) is 0 Å². The van der Waals surface area contributed by atoms with E-state index in [0.717, 1.165) is 24.9 Å². The topological polar surface area (TPSA) is 38.8 Å². The van der Waals surface area contributed by atoms with E-state index in [9.17, 15) is 4.79 Å². The SMILES string of the molecule is O=C1OC[C@]2(COCc3ccccc3)CCCN12. The maximum absolute atomic E-state index is 11.5. The molecule has 2 aliphatic rings. The van der Waals surface area contributed by atoms with Crippen LogP contribution in [-0.2, 0) is 16.1 Å². The molecule has 1 atom stereocenters. The van der Waals surface area contributed by atoms with Crippen molar-refractivity contribution >= 4 is 6.09 Å². The number of nitrogens with zero attached hydrogens (tertiary/aromatic N) is 1. The van der Waals surface area contributed by atoms with Crippen molar-refractivity contribution in [2.24, 2.45) is 0 Å². The van der Waals surface area contributed by atoms with Crippen LogP contribution in [-0.4, -0.2) is 36.3 Å². The molecule has 4 nitrogen and oxygen atoms in total. The first-order valence-corrected chi connectivity index (χ1v) is 6.36. The molecule has 0 N–H and O–H groups in total. The molecular weight excluding hydrogens is 230 g/mol. The fraction of sp³-hybridized carbons (Fsp3) is 0.500. The summed E-state index contributed by atoms with van der Waals surface area (Å²) in [6, 6.07) is 10.1. The minimum atomic E-state index is -0.203. The molecule has 0 spiro atoms. The Morgan fingerprint density at radius 3 is 3.00 bits per heavy atom. The van der Waals surface area contributed by atoms with E-state index in [0.29, 0.717) is 19.8 Å². The number of hydrogen-bond acceptors (Lipinski definition) is 3. The van der Waals surface area contributed by atoms with Crippen molar-refractivity contribution in [3.8, 4) is 0 Å². The van der Waals surface area contributed by atoms with Crippen molar-refractivity contribution in [1.29, 1.82) is 0 Å². The van der Waals surface area contributed by atoms with Crippen LogP contribution < -0.4 is 0 Å². The molecule has 0 unspecified atom stereocenters. The van der Waals surface area contributed by atoms with Gasteiger partial charge in [0.15, 0.2) is 0 Å². The van der Waals surface area contributed by atoms with E-state index in [4.69, 9.17) is 9.47 Å². The van der Waals surface area contributed by atoms with Crippen LogP contribution in [0.3, 0.4) is 0 Å². The smallest absolute Gasteiger partial charge is 0.410 e. The monoisotopic (exact) mass is 247 g/mol. The number of amides is 1. The highest BCUT2D eigenvalue weighted by Crippen LogP contribution is 2.35. The summed E-state index contributed by atoms with van der Waals surface area (Å²) in [7, 11) is 0. The van der Waals surface area contributed by atoms with E-state index in [-0.39, 0.29) is 11.6 Å². The first-order chi connectivity index (χ1) is 8.80. The molecule has 0 aliphatic carbocycles. The molecule has 0 saturated carbocycles. The first kappa shape index (κ1) is 11.5. The fourth-order valence-corrected chi connectivity index (χ4v) is 2.77. The molecule has 0 aromatic heterocycles. The van der Waals surface area contributed by atoms with E-state index >= 15 is 0 Å². The number of cyclic esters (lactones) is 1. The van der Waals surface area contributed by atoms with E-state index in [2.05, 4.69) is 0 Å². The van der Waals surface area contributed by atoms with Gasteiger partial charge in [-0.15, -0.1) is 0 Å². The average molecular weight is 247 g/mol. The van der Waals surface area contributed by atoms with E-state index < -0.39 is 0 Å². The van der Waals surface area contributed by atoms with Crippen LogP contribution in [0.5, 0.6) is 0 Å². The summed E-state index contributed by atoms with van der Waals surface area (Å²) in [6.45, 7) is 2.42. The lowest BCUT2D eigenvalue weighted by Gasteiger charge is -2.28. The molecule has 0 radical (unpaired) electrons. The Morgan fingerprint density at radius 1 is 1.33 bits per heavy atom. The normalized spacial score (nSPS) is 26.2. The molecule has 1 aromatic carbocycles. The van der Waals surface area contributed by atoms with Crippen LogP contribution >= 0.6 is 0 Å². The number of ether oxygens (including phenoxy) is 2. The third-order valence-electron chi connectivity index (χ3n) is 3.76. The molecule has 1 amide bonds. The van der Waals surface area contributed by atoms with Gasteiger partial charge in [0.2, 0.25) is 0 Å². The Balaban J connectivity index is 1.58. The molecule has 1 aromatic rings. The molecule has 2 saturated heterocycles. The fourth-order valence-electron chi connectivity index (χ4n) is 2.77. The van der Waals surface area contributed by atoms with Gasteiger partial charge in [-0.25, -0.2) is 4.79 Å². The van der Waals surface area contributed by atoms with Crippen molar-refractivity contribution in [3.05, 3.63) is 35.9 Å². The highest BCUT2D eigenvalue weighted by Gasteiger charge is 2.50. The lowest BCUT2D eigenvalue weighted by atomic mass is 10.00. The zero-order valence-electron chi connectivity index (χ0n) is 10.3. The lowest BCUT2D eigenvalue weighted by Crippen LogP contribution is -2.45. The van der Waals surface area contributed by atoms with E-state index in [1.54, 1.807) is 0 Å². The zero-order valence-corrected chi connectivity index (χ0v) is 10.3. The number of hydrogen-bond donors (Lipinski definition) is 0. The van der Waals surface area contributed by atoms with Gasteiger partial charge in [-0.05, 0) is 18.4 Å². The molecule has 2 fully saturated rings. The minimum Gasteiger partial charge on any atom is -0.447 e. The van der Waals surface area contributed by atoms with Crippen LogP contribution in [0, 0.1) is 0 Å².